The van der Waals surface area contributed by atoms with Crippen LogP contribution in [0.5, 0.6) is 0 Å². The van der Waals surface area contributed by atoms with Crippen molar-refractivity contribution in [3.8, 4) is 0 Å². The molecular formula is C13H15F3N4O2. The van der Waals surface area contributed by atoms with Crippen LogP contribution in [-0.4, -0.2) is 47.7 Å². The third-order valence-corrected chi connectivity index (χ3v) is 3.55. The van der Waals surface area contributed by atoms with Crippen molar-refractivity contribution < 1.29 is 22.7 Å². The van der Waals surface area contributed by atoms with Gasteiger partial charge in [0.2, 0.25) is 0 Å². The van der Waals surface area contributed by atoms with E-state index in [2.05, 4.69) is 15.3 Å². The van der Waals surface area contributed by atoms with Gasteiger partial charge < -0.3 is 15.0 Å². The number of morpholine rings is 1. The van der Waals surface area contributed by atoms with E-state index < -0.39 is 18.0 Å². The number of amides is 1. The Morgan fingerprint density at radius 1 is 1.36 bits per heavy atom. The SMILES string of the molecule is O=C(NC1CC1)C1CN(c2cc(C(F)(F)F)ncn2)CCO1. The number of hydrogen-bond acceptors (Lipinski definition) is 5. The van der Waals surface area contributed by atoms with Gasteiger partial charge in [-0.2, -0.15) is 13.2 Å². The van der Waals surface area contributed by atoms with Crippen LogP contribution in [0.2, 0.25) is 0 Å². The highest BCUT2D eigenvalue weighted by atomic mass is 19.4. The maximum Gasteiger partial charge on any atom is 0.433 e. The molecule has 1 saturated heterocycles. The van der Waals surface area contributed by atoms with E-state index in [4.69, 9.17) is 4.74 Å². The second-order valence-electron chi connectivity index (χ2n) is 5.35. The van der Waals surface area contributed by atoms with Gasteiger partial charge >= 0.3 is 6.18 Å². The molecule has 0 radical (unpaired) electrons. The van der Waals surface area contributed by atoms with Gasteiger partial charge in [0, 0.05) is 18.7 Å². The lowest BCUT2D eigenvalue weighted by Crippen LogP contribution is -2.50. The number of alkyl halides is 3. The Labute approximate surface area is 124 Å². The summed E-state index contributed by atoms with van der Waals surface area (Å²) in [5.74, 6) is -0.0767. The summed E-state index contributed by atoms with van der Waals surface area (Å²) >= 11 is 0. The summed E-state index contributed by atoms with van der Waals surface area (Å²) < 4.78 is 43.5. The number of rotatable bonds is 3. The Balaban J connectivity index is 1.70. The van der Waals surface area contributed by atoms with Crippen LogP contribution in [0.25, 0.3) is 0 Å². The smallest absolute Gasteiger partial charge is 0.365 e. The van der Waals surface area contributed by atoms with Gasteiger partial charge in [-0.25, -0.2) is 9.97 Å². The molecule has 2 heterocycles. The van der Waals surface area contributed by atoms with Crippen LogP contribution in [0.3, 0.4) is 0 Å². The highest BCUT2D eigenvalue weighted by Gasteiger charge is 2.35. The van der Waals surface area contributed by atoms with Crippen molar-refractivity contribution in [2.24, 2.45) is 0 Å². The Kier molecular flexibility index (Phi) is 3.90. The van der Waals surface area contributed by atoms with Crippen molar-refractivity contribution in [1.82, 2.24) is 15.3 Å². The zero-order valence-electron chi connectivity index (χ0n) is 11.6. The summed E-state index contributed by atoms with van der Waals surface area (Å²) in [6.07, 6.45) is -2.41. The molecule has 1 N–H and O–H groups in total. The summed E-state index contributed by atoms with van der Waals surface area (Å²) in [7, 11) is 0. The first-order valence-corrected chi connectivity index (χ1v) is 6.99. The van der Waals surface area contributed by atoms with Crippen molar-refractivity contribution in [3.63, 3.8) is 0 Å². The Bertz CT molecular complexity index is 562. The number of aromatic nitrogens is 2. The quantitative estimate of drug-likeness (QED) is 0.900. The first kappa shape index (κ1) is 15.0. The van der Waals surface area contributed by atoms with Gasteiger partial charge in [-0.3, -0.25) is 4.79 Å². The van der Waals surface area contributed by atoms with E-state index in [1.165, 1.54) is 0 Å². The first-order chi connectivity index (χ1) is 10.4. The van der Waals surface area contributed by atoms with E-state index in [1.807, 2.05) is 0 Å². The van der Waals surface area contributed by atoms with Gasteiger partial charge in [-0.15, -0.1) is 0 Å². The Hall–Kier alpha value is -1.90. The topological polar surface area (TPSA) is 67.4 Å². The first-order valence-electron chi connectivity index (χ1n) is 6.99. The number of ether oxygens (including phenoxy) is 1. The van der Waals surface area contributed by atoms with Crippen LogP contribution in [-0.2, 0) is 15.7 Å². The molecule has 0 spiro atoms. The molecule has 3 rings (SSSR count). The lowest BCUT2D eigenvalue weighted by molar-refractivity contribution is -0.141. The number of carbonyl (C=O) groups excluding carboxylic acids is 1. The number of hydrogen-bond donors (Lipinski definition) is 1. The fourth-order valence-corrected chi connectivity index (χ4v) is 2.21. The van der Waals surface area contributed by atoms with Gasteiger partial charge in [0.25, 0.3) is 5.91 Å². The number of nitrogens with zero attached hydrogens (tertiary/aromatic N) is 3. The molecule has 6 nitrogen and oxygen atoms in total. The number of halogens is 3. The molecule has 22 heavy (non-hydrogen) atoms. The molecular weight excluding hydrogens is 301 g/mol. The van der Waals surface area contributed by atoms with Gasteiger partial charge in [-0.05, 0) is 12.8 Å². The molecule has 0 aromatic carbocycles. The average molecular weight is 316 g/mol. The van der Waals surface area contributed by atoms with Gasteiger partial charge in [0.05, 0.1) is 13.2 Å². The average Bonchev–Trinajstić information content (AvgIpc) is 3.31. The zero-order valence-corrected chi connectivity index (χ0v) is 11.6. The fourth-order valence-electron chi connectivity index (χ4n) is 2.21. The lowest BCUT2D eigenvalue weighted by Gasteiger charge is -2.33. The van der Waals surface area contributed by atoms with E-state index >= 15 is 0 Å². The normalized spacial score (nSPS) is 22.5. The summed E-state index contributed by atoms with van der Waals surface area (Å²) in [5, 5.41) is 2.83. The Morgan fingerprint density at radius 3 is 2.82 bits per heavy atom. The van der Waals surface area contributed by atoms with Crippen LogP contribution < -0.4 is 10.2 Å². The summed E-state index contributed by atoms with van der Waals surface area (Å²) in [5.41, 5.74) is -0.997. The van der Waals surface area contributed by atoms with Crippen molar-refractivity contribution in [2.45, 2.75) is 31.2 Å². The van der Waals surface area contributed by atoms with Gasteiger partial charge in [0.15, 0.2) is 6.10 Å². The largest absolute Gasteiger partial charge is 0.433 e. The lowest BCUT2D eigenvalue weighted by atomic mass is 10.2. The predicted molar refractivity (Wildman–Crippen MR) is 70.2 cm³/mol. The van der Waals surface area contributed by atoms with Gasteiger partial charge in [0.1, 0.15) is 17.8 Å². The molecule has 1 unspecified atom stereocenters. The second kappa shape index (κ2) is 5.71. The minimum Gasteiger partial charge on any atom is -0.365 e. The minimum absolute atomic E-state index is 0.148. The molecule has 1 aliphatic heterocycles. The summed E-state index contributed by atoms with van der Waals surface area (Å²) in [6.45, 7) is 0.808. The molecule has 9 heteroatoms. The molecule has 1 atom stereocenters. The van der Waals surface area contributed by atoms with E-state index in [9.17, 15) is 18.0 Å². The number of carbonyl (C=O) groups is 1. The molecule has 1 aromatic rings. The standard InChI is InChI=1S/C13H15F3N4O2/c14-13(15,16)10-5-11(18-7-17-10)20-3-4-22-9(6-20)12(21)19-8-1-2-8/h5,7-9H,1-4,6H2,(H,19,21). The van der Waals surface area contributed by atoms with Crippen molar-refractivity contribution in [2.75, 3.05) is 24.6 Å². The third kappa shape index (κ3) is 3.46. The van der Waals surface area contributed by atoms with Crippen LogP contribution >= 0.6 is 0 Å². The second-order valence-corrected chi connectivity index (χ2v) is 5.35. The molecule has 2 fully saturated rings. The predicted octanol–water partition coefficient (Wildman–Crippen LogP) is 0.979. The molecule has 1 saturated carbocycles. The van der Waals surface area contributed by atoms with E-state index in [0.717, 1.165) is 25.2 Å². The van der Waals surface area contributed by atoms with Gasteiger partial charge in [-0.1, -0.05) is 0 Å². The summed E-state index contributed by atoms with van der Waals surface area (Å²) in [4.78, 5) is 20.7. The number of nitrogens with one attached hydrogen (secondary N) is 1. The van der Waals surface area contributed by atoms with Crippen molar-refractivity contribution in [1.29, 1.82) is 0 Å². The molecule has 2 aliphatic rings. The highest BCUT2D eigenvalue weighted by Crippen LogP contribution is 2.29. The maximum atomic E-state index is 12.7. The van der Waals surface area contributed by atoms with E-state index in [0.29, 0.717) is 6.54 Å². The van der Waals surface area contributed by atoms with Crippen LogP contribution in [0.4, 0.5) is 19.0 Å². The number of anilines is 1. The molecule has 1 amide bonds. The Morgan fingerprint density at radius 2 is 2.14 bits per heavy atom. The fraction of sp³-hybridized carbons (Fsp3) is 0.615. The molecule has 120 valence electrons. The zero-order chi connectivity index (χ0) is 15.7. The molecule has 1 aliphatic carbocycles. The maximum absolute atomic E-state index is 12.7. The monoisotopic (exact) mass is 316 g/mol. The van der Waals surface area contributed by atoms with Crippen molar-refractivity contribution >= 4 is 11.7 Å². The molecule has 0 bridgehead atoms. The molecule has 1 aromatic heterocycles. The third-order valence-electron chi connectivity index (χ3n) is 3.55. The summed E-state index contributed by atoms with van der Waals surface area (Å²) in [6, 6.07) is 1.10. The highest BCUT2D eigenvalue weighted by molar-refractivity contribution is 5.82. The van der Waals surface area contributed by atoms with Crippen molar-refractivity contribution in [3.05, 3.63) is 18.1 Å². The van der Waals surface area contributed by atoms with Crippen LogP contribution in [0, 0.1) is 0 Å². The van der Waals surface area contributed by atoms with Crippen LogP contribution in [0.1, 0.15) is 18.5 Å². The van der Waals surface area contributed by atoms with E-state index in [-0.39, 0.29) is 30.9 Å². The van der Waals surface area contributed by atoms with Crippen LogP contribution in [0.15, 0.2) is 12.4 Å². The van der Waals surface area contributed by atoms with E-state index in [1.54, 1.807) is 4.90 Å². The minimum atomic E-state index is -4.52.